The van der Waals surface area contributed by atoms with E-state index in [0.717, 1.165) is 11.3 Å². The van der Waals surface area contributed by atoms with Crippen molar-refractivity contribution in [2.75, 3.05) is 5.32 Å². The molecule has 37 heavy (non-hydrogen) atoms. The smallest absolute Gasteiger partial charge is 0.307 e. The zero-order valence-electron chi connectivity index (χ0n) is 19.4. The van der Waals surface area contributed by atoms with Gasteiger partial charge in [-0.05, 0) is 12.1 Å². The number of carbonyl (C=O) groups excluding carboxylic acids is 3. The predicted octanol–water partition coefficient (Wildman–Crippen LogP) is 5.60. The Morgan fingerprint density at radius 2 is 1.57 bits per heavy atom. The fourth-order valence-corrected chi connectivity index (χ4v) is 4.19. The second-order valence-corrected chi connectivity index (χ2v) is 8.76. The van der Waals surface area contributed by atoms with Gasteiger partial charge in [0, 0.05) is 40.6 Å². The van der Waals surface area contributed by atoms with E-state index < -0.39 is 28.7 Å². The fraction of sp³-hybridized carbons (Fsp3) is 0.111. The number of ether oxygens (including phenoxy) is 1. The molecule has 0 aliphatic rings. The number of hydrogen-bond acceptors (Lipinski definition) is 8. The number of nitrogens with zero attached hydrogens (tertiary/aromatic N) is 2. The largest absolute Gasteiger partial charge is 0.449 e. The predicted molar refractivity (Wildman–Crippen MR) is 138 cm³/mol. The molecular formula is C27H21N3O6S. The van der Waals surface area contributed by atoms with E-state index in [1.807, 2.05) is 35.7 Å². The molecule has 9 nitrogen and oxygen atoms in total. The zero-order valence-corrected chi connectivity index (χ0v) is 20.2. The molecule has 1 atom stereocenters. The molecule has 0 saturated heterocycles. The van der Waals surface area contributed by atoms with Crippen molar-refractivity contribution >= 4 is 39.8 Å². The lowest BCUT2D eigenvalue weighted by Crippen LogP contribution is -2.21. The Labute approximate surface area is 215 Å². The lowest BCUT2D eigenvalue weighted by atomic mass is 9.99. The number of amides is 1. The molecule has 0 radical (unpaired) electrons. The normalized spacial score (nSPS) is 11.4. The summed E-state index contributed by atoms with van der Waals surface area (Å²) in [7, 11) is 0. The first-order valence-corrected chi connectivity index (χ1v) is 12.1. The highest BCUT2D eigenvalue weighted by molar-refractivity contribution is 7.14. The van der Waals surface area contributed by atoms with Gasteiger partial charge in [-0.15, -0.1) is 11.3 Å². The molecule has 1 heterocycles. The number of esters is 1. The average Bonchev–Trinajstić information content (AvgIpc) is 3.39. The molecule has 1 N–H and O–H groups in total. The number of aromatic nitrogens is 1. The molecule has 1 amide bonds. The molecule has 0 fully saturated rings. The molecule has 0 bridgehead atoms. The van der Waals surface area contributed by atoms with Crippen LogP contribution >= 0.6 is 11.3 Å². The number of benzene rings is 3. The van der Waals surface area contributed by atoms with E-state index in [9.17, 15) is 24.5 Å². The van der Waals surface area contributed by atoms with Crippen molar-refractivity contribution < 1.29 is 24.0 Å². The number of rotatable bonds is 10. The number of thiazole rings is 1. The highest BCUT2D eigenvalue weighted by Crippen LogP contribution is 2.27. The van der Waals surface area contributed by atoms with E-state index in [0.29, 0.717) is 10.7 Å². The van der Waals surface area contributed by atoms with E-state index in [-0.39, 0.29) is 24.1 Å². The average molecular weight is 516 g/mol. The minimum atomic E-state index is -1.31. The number of Topliss-reactive ketones (excluding diaryl/α,β-unsaturated/α-hetero) is 1. The SMILES string of the molecule is O=C(CCC(=O)O[C@@H](C(=O)c1ccccc1)c1ccc([N+](=O)[O-])cc1)Nc1nc(-c2ccccc2)cs1. The lowest BCUT2D eigenvalue weighted by Gasteiger charge is -2.17. The molecule has 4 aromatic rings. The second kappa shape index (κ2) is 11.8. The number of non-ortho nitro benzene ring substituents is 1. The van der Waals surface area contributed by atoms with Gasteiger partial charge in [0.2, 0.25) is 11.7 Å². The van der Waals surface area contributed by atoms with Crippen LogP contribution in [0.2, 0.25) is 0 Å². The molecule has 10 heteroatoms. The molecule has 0 saturated carbocycles. The number of carbonyl (C=O) groups is 3. The van der Waals surface area contributed by atoms with Gasteiger partial charge in [0.05, 0.1) is 17.0 Å². The number of ketones is 1. The first-order chi connectivity index (χ1) is 17.9. The molecule has 0 spiro atoms. The third-order valence-electron chi connectivity index (χ3n) is 5.33. The van der Waals surface area contributed by atoms with Crippen molar-refractivity contribution in [2.24, 2.45) is 0 Å². The number of nitro benzene ring substituents is 1. The third-order valence-corrected chi connectivity index (χ3v) is 6.09. The summed E-state index contributed by atoms with van der Waals surface area (Å²) in [5, 5.41) is 15.9. The number of nitro groups is 1. The van der Waals surface area contributed by atoms with Crippen LogP contribution in [0, 0.1) is 10.1 Å². The lowest BCUT2D eigenvalue weighted by molar-refractivity contribution is -0.384. The van der Waals surface area contributed by atoms with Crippen LogP contribution < -0.4 is 5.32 Å². The summed E-state index contributed by atoms with van der Waals surface area (Å²) in [6.45, 7) is 0. The van der Waals surface area contributed by atoms with E-state index in [1.54, 1.807) is 30.3 Å². The van der Waals surface area contributed by atoms with Crippen LogP contribution in [0.15, 0.2) is 90.3 Å². The first-order valence-electron chi connectivity index (χ1n) is 11.2. The fourth-order valence-electron chi connectivity index (χ4n) is 3.46. The maximum Gasteiger partial charge on any atom is 0.307 e. The Hall–Kier alpha value is -4.70. The minimum Gasteiger partial charge on any atom is -0.449 e. The number of nitrogens with one attached hydrogen (secondary N) is 1. The number of anilines is 1. The highest BCUT2D eigenvalue weighted by atomic mass is 32.1. The van der Waals surface area contributed by atoms with E-state index >= 15 is 0 Å². The molecule has 0 unspecified atom stereocenters. The standard InChI is InChI=1S/C27H21N3O6S/c31-23(29-27-28-22(17-37-27)18-7-3-1-4-8-18)15-16-24(32)36-26(25(33)19-9-5-2-6-10-19)20-11-13-21(14-12-20)30(34)35/h1-14,17,26H,15-16H2,(H,28,29,31)/t26-/m1/s1. The maximum absolute atomic E-state index is 13.1. The number of hydrogen-bond donors (Lipinski definition) is 1. The van der Waals surface area contributed by atoms with Gasteiger partial charge in [-0.25, -0.2) is 4.98 Å². The summed E-state index contributed by atoms with van der Waals surface area (Å²) >= 11 is 1.27. The molecule has 1 aromatic heterocycles. The quantitative estimate of drug-likeness (QED) is 0.126. The summed E-state index contributed by atoms with van der Waals surface area (Å²) < 4.78 is 5.46. The summed E-state index contributed by atoms with van der Waals surface area (Å²) in [5.74, 6) is -1.66. The van der Waals surface area contributed by atoms with Gasteiger partial charge in [0.15, 0.2) is 11.2 Å². The van der Waals surface area contributed by atoms with E-state index in [1.165, 1.54) is 35.6 Å². The monoisotopic (exact) mass is 515 g/mol. The molecule has 4 rings (SSSR count). The van der Waals surface area contributed by atoms with Gasteiger partial charge >= 0.3 is 5.97 Å². The first kappa shape index (κ1) is 25.4. The molecular weight excluding hydrogens is 494 g/mol. The zero-order chi connectivity index (χ0) is 26.2. The van der Waals surface area contributed by atoms with Crippen molar-refractivity contribution in [2.45, 2.75) is 18.9 Å². The summed E-state index contributed by atoms with van der Waals surface area (Å²) in [6, 6.07) is 23.0. The van der Waals surface area contributed by atoms with Crippen LogP contribution in [0.5, 0.6) is 0 Å². The van der Waals surface area contributed by atoms with Gasteiger partial charge < -0.3 is 10.1 Å². The Morgan fingerprint density at radius 3 is 2.22 bits per heavy atom. The van der Waals surface area contributed by atoms with Crippen molar-refractivity contribution in [3.05, 3.63) is 112 Å². The van der Waals surface area contributed by atoms with Crippen molar-refractivity contribution in [3.63, 3.8) is 0 Å². The summed E-state index contributed by atoms with van der Waals surface area (Å²) in [6.07, 6.45) is -1.76. The van der Waals surface area contributed by atoms with Gasteiger partial charge in [0.1, 0.15) is 0 Å². The molecule has 186 valence electrons. The van der Waals surface area contributed by atoms with Crippen molar-refractivity contribution in [1.82, 2.24) is 4.98 Å². The van der Waals surface area contributed by atoms with Crippen LogP contribution in [-0.2, 0) is 14.3 Å². The van der Waals surface area contributed by atoms with Crippen LogP contribution in [0.3, 0.4) is 0 Å². The van der Waals surface area contributed by atoms with Crippen LogP contribution in [0.1, 0.15) is 34.9 Å². The van der Waals surface area contributed by atoms with E-state index in [2.05, 4.69) is 10.3 Å². The van der Waals surface area contributed by atoms with Gasteiger partial charge in [-0.1, -0.05) is 60.7 Å². The van der Waals surface area contributed by atoms with Crippen LogP contribution in [-0.4, -0.2) is 27.6 Å². The van der Waals surface area contributed by atoms with Gasteiger partial charge in [-0.2, -0.15) is 0 Å². The molecule has 0 aliphatic heterocycles. The maximum atomic E-state index is 13.1. The highest BCUT2D eigenvalue weighted by Gasteiger charge is 2.27. The Kier molecular flexibility index (Phi) is 8.11. The Balaban J connectivity index is 1.39. The summed E-state index contributed by atoms with van der Waals surface area (Å²) in [5.41, 5.74) is 2.09. The Bertz CT molecular complexity index is 1410. The minimum absolute atomic E-state index is 0.157. The van der Waals surface area contributed by atoms with Gasteiger partial charge in [-0.3, -0.25) is 24.5 Å². The Morgan fingerprint density at radius 1 is 0.919 bits per heavy atom. The van der Waals surface area contributed by atoms with Crippen molar-refractivity contribution in [1.29, 1.82) is 0 Å². The van der Waals surface area contributed by atoms with Gasteiger partial charge in [0.25, 0.3) is 5.69 Å². The topological polar surface area (TPSA) is 128 Å². The summed E-state index contributed by atoms with van der Waals surface area (Å²) in [4.78, 5) is 52.9. The molecule has 0 aliphatic carbocycles. The third kappa shape index (κ3) is 6.71. The van der Waals surface area contributed by atoms with Crippen LogP contribution in [0.4, 0.5) is 10.8 Å². The van der Waals surface area contributed by atoms with Crippen LogP contribution in [0.25, 0.3) is 11.3 Å². The second-order valence-electron chi connectivity index (χ2n) is 7.90. The van der Waals surface area contributed by atoms with E-state index in [4.69, 9.17) is 4.74 Å². The van der Waals surface area contributed by atoms with Crippen molar-refractivity contribution in [3.8, 4) is 11.3 Å². The molecule has 3 aromatic carbocycles.